The highest BCUT2D eigenvalue weighted by molar-refractivity contribution is 5.97. The molecule has 1 amide bonds. The number of carbonyl (C=O) groups is 1. The molecule has 4 rings (SSSR count). The third kappa shape index (κ3) is 3.03. The first-order valence-electron chi connectivity index (χ1n) is 8.06. The van der Waals surface area contributed by atoms with E-state index in [2.05, 4.69) is 20.4 Å². The van der Waals surface area contributed by atoms with Gasteiger partial charge in [0.2, 0.25) is 5.89 Å². The van der Waals surface area contributed by atoms with Crippen LogP contribution in [0.5, 0.6) is 0 Å². The molecule has 0 saturated carbocycles. The van der Waals surface area contributed by atoms with Gasteiger partial charge in [-0.25, -0.2) is 0 Å². The Morgan fingerprint density at radius 3 is 2.96 bits per heavy atom. The highest BCUT2D eigenvalue weighted by Gasteiger charge is 2.21. The Bertz CT molecular complexity index is 815. The smallest absolute Gasteiger partial charge is 0.268 e. The number of nitrogens with zero attached hydrogens (tertiary/aromatic N) is 2. The fraction of sp³-hybridized carbons (Fsp3) is 0.353. The zero-order valence-corrected chi connectivity index (χ0v) is 13.1. The highest BCUT2D eigenvalue weighted by atomic mass is 16.5. The molecule has 0 bridgehead atoms. The number of hydrogen-bond acceptors (Lipinski definition) is 5. The Morgan fingerprint density at radius 1 is 1.29 bits per heavy atom. The number of ether oxygens (including phenoxy) is 1. The van der Waals surface area contributed by atoms with Crippen LogP contribution in [0.15, 0.2) is 34.9 Å². The number of amides is 1. The average molecular weight is 326 g/mol. The van der Waals surface area contributed by atoms with Crippen LogP contribution in [0, 0.1) is 0 Å². The second kappa shape index (κ2) is 6.45. The number of para-hydroxylation sites is 1. The summed E-state index contributed by atoms with van der Waals surface area (Å²) in [5, 5.41) is 7.83. The summed E-state index contributed by atoms with van der Waals surface area (Å²) >= 11 is 0. The van der Waals surface area contributed by atoms with Crippen LogP contribution in [0.3, 0.4) is 0 Å². The molecule has 124 valence electrons. The van der Waals surface area contributed by atoms with Crippen molar-refractivity contribution in [2.75, 3.05) is 13.2 Å². The number of benzene rings is 1. The molecule has 0 aliphatic carbocycles. The van der Waals surface area contributed by atoms with Crippen molar-refractivity contribution in [3.63, 3.8) is 0 Å². The van der Waals surface area contributed by atoms with Crippen LogP contribution in [0.4, 0.5) is 0 Å². The molecular weight excluding hydrogens is 308 g/mol. The molecule has 3 heterocycles. The van der Waals surface area contributed by atoms with Gasteiger partial charge in [-0.05, 0) is 25.0 Å². The molecule has 7 nitrogen and oxygen atoms in total. The lowest BCUT2D eigenvalue weighted by Gasteiger charge is -2.18. The van der Waals surface area contributed by atoms with Crippen molar-refractivity contribution < 1.29 is 14.1 Å². The van der Waals surface area contributed by atoms with Crippen molar-refractivity contribution in [3.8, 4) is 0 Å². The summed E-state index contributed by atoms with van der Waals surface area (Å²) in [7, 11) is 0. The van der Waals surface area contributed by atoms with Crippen LogP contribution < -0.4 is 5.32 Å². The predicted octanol–water partition coefficient (Wildman–Crippen LogP) is 2.37. The molecular formula is C17H18N4O3. The highest BCUT2D eigenvalue weighted by Crippen LogP contribution is 2.24. The minimum atomic E-state index is -0.197. The first-order valence-corrected chi connectivity index (χ1v) is 8.06. The molecule has 1 fully saturated rings. The second-order valence-electron chi connectivity index (χ2n) is 5.89. The molecule has 1 aliphatic heterocycles. The zero-order valence-electron chi connectivity index (χ0n) is 13.1. The van der Waals surface area contributed by atoms with Crippen molar-refractivity contribution in [1.29, 1.82) is 0 Å². The Morgan fingerprint density at radius 2 is 2.12 bits per heavy atom. The fourth-order valence-corrected chi connectivity index (χ4v) is 2.91. The van der Waals surface area contributed by atoms with E-state index in [0.717, 1.165) is 37.0 Å². The summed E-state index contributed by atoms with van der Waals surface area (Å²) in [6, 6.07) is 9.59. The van der Waals surface area contributed by atoms with E-state index in [0.29, 0.717) is 17.4 Å². The van der Waals surface area contributed by atoms with Gasteiger partial charge in [0, 0.05) is 30.0 Å². The Balaban J connectivity index is 1.39. The van der Waals surface area contributed by atoms with Gasteiger partial charge in [0.1, 0.15) is 5.69 Å². The second-order valence-corrected chi connectivity index (χ2v) is 5.89. The van der Waals surface area contributed by atoms with Crippen molar-refractivity contribution in [1.82, 2.24) is 20.4 Å². The quantitative estimate of drug-likeness (QED) is 0.768. The van der Waals surface area contributed by atoms with Gasteiger partial charge < -0.3 is 19.6 Å². The fourth-order valence-electron chi connectivity index (χ4n) is 2.91. The molecule has 0 atom stereocenters. The number of aromatic nitrogens is 3. The van der Waals surface area contributed by atoms with Gasteiger partial charge in [0.05, 0.1) is 6.54 Å². The molecule has 0 spiro atoms. The summed E-state index contributed by atoms with van der Waals surface area (Å²) in [5.41, 5.74) is 1.45. The van der Waals surface area contributed by atoms with E-state index in [9.17, 15) is 4.79 Å². The number of aromatic amines is 1. The molecule has 24 heavy (non-hydrogen) atoms. The standard InChI is InChI=1S/C17H18N4O3/c22-17(14-9-12-3-1-2-4-13(12)19-14)18-10-15-20-16(21-24-15)11-5-7-23-8-6-11/h1-4,9,11,19H,5-8,10H2,(H,18,22). The van der Waals surface area contributed by atoms with Crippen molar-refractivity contribution in [2.45, 2.75) is 25.3 Å². The lowest BCUT2D eigenvalue weighted by Crippen LogP contribution is -2.23. The van der Waals surface area contributed by atoms with Gasteiger partial charge >= 0.3 is 0 Å². The number of hydrogen-bond donors (Lipinski definition) is 2. The molecule has 1 saturated heterocycles. The molecule has 3 aromatic rings. The molecule has 2 N–H and O–H groups in total. The van der Waals surface area contributed by atoms with E-state index in [1.54, 1.807) is 0 Å². The topological polar surface area (TPSA) is 93.0 Å². The van der Waals surface area contributed by atoms with Crippen LogP contribution in [0.25, 0.3) is 10.9 Å². The summed E-state index contributed by atoms with van der Waals surface area (Å²) < 4.78 is 10.6. The normalized spacial score (nSPS) is 15.7. The van der Waals surface area contributed by atoms with Crippen LogP contribution >= 0.6 is 0 Å². The van der Waals surface area contributed by atoms with E-state index >= 15 is 0 Å². The van der Waals surface area contributed by atoms with E-state index < -0.39 is 0 Å². The first kappa shape index (κ1) is 14.9. The van der Waals surface area contributed by atoms with Gasteiger partial charge in [-0.15, -0.1) is 0 Å². The number of rotatable bonds is 4. The van der Waals surface area contributed by atoms with Crippen LogP contribution in [0.1, 0.15) is 41.0 Å². The third-order valence-corrected chi connectivity index (χ3v) is 4.25. The van der Waals surface area contributed by atoms with E-state index in [-0.39, 0.29) is 18.4 Å². The number of carbonyl (C=O) groups excluding carboxylic acids is 1. The van der Waals surface area contributed by atoms with Gasteiger partial charge in [-0.1, -0.05) is 23.4 Å². The van der Waals surface area contributed by atoms with Crippen molar-refractivity contribution in [2.24, 2.45) is 0 Å². The minimum Gasteiger partial charge on any atom is -0.381 e. The predicted molar refractivity (Wildman–Crippen MR) is 86.6 cm³/mol. The maximum absolute atomic E-state index is 12.2. The maximum atomic E-state index is 12.2. The summed E-state index contributed by atoms with van der Waals surface area (Å²) in [6.07, 6.45) is 1.81. The van der Waals surface area contributed by atoms with Crippen LogP contribution in [0.2, 0.25) is 0 Å². The van der Waals surface area contributed by atoms with E-state index in [1.165, 1.54) is 0 Å². The monoisotopic (exact) mass is 326 g/mol. The number of fused-ring (bicyclic) bond motifs is 1. The van der Waals surface area contributed by atoms with Gasteiger partial charge in [-0.2, -0.15) is 4.98 Å². The average Bonchev–Trinajstić information content (AvgIpc) is 3.27. The molecule has 2 aromatic heterocycles. The third-order valence-electron chi connectivity index (χ3n) is 4.25. The summed E-state index contributed by atoms with van der Waals surface area (Å²) in [6.45, 7) is 1.67. The Hall–Kier alpha value is -2.67. The van der Waals surface area contributed by atoms with Gasteiger partial charge in [0.25, 0.3) is 5.91 Å². The lowest BCUT2D eigenvalue weighted by atomic mass is 10.00. The molecule has 1 aliphatic rings. The molecule has 1 aromatic carbocycles. The van der Waals surface area contributed by atoms with Crippen LogP contribution in [-0.2, 0) is 11.3 Å². The van der Waals surface area contributed by atoms with Crippen molar-refractivity contribution in [3.05, 3.63) is 47.7 Å². The molecule has 0 unspecified atom stereocenters. The lowest BCUT2D eigenvalue weighted by molar-refractivity contribution is 0.0830. The van der Waals surface area contributed by atoms with Gasteiger partial charge in [0.15, 0.2) is 5.82 Å². The van der Waals surface area contributed by atoms with Gasteiger partial charge in [-0.3, -0.25) is 4.79 Å². The number of H-pyrrole nitrogens is 1. The van der Waals surface area contributed by atoms with Crippen LogP contribution in [-0.4, -0.2) is 34.2 Å². The molecule has 7 heteroatoms. The Kier molecular flexibility index (Phi) is 4.00. The van der Waals surface area contributed by atoms with E-state index in [4.69, 9.17) is 9.26 Å². The first-order chi connectivity index (χ1) is 11.8. The maximum Gasteiger partial charge on any atom is 0.268 e. The van der Waals surface area contributed by atoms with E-state index in [1.807, 2.05) is 30.3 Å². The Labute approximate surface area is 138 Å². The minimum absolute atomic E-state index is 0.197. The molecule has 0 radical (unpaired) electrons. The summed E-state index contributed by atoms with van der Waals surface area (Å²) in [5.74, 6) is 1.20. The largest absolute Gasteiger partial charge is 0.381 e. The summed E-state index contributed by atoms with van der Waals surface area (Å²) in [4.78, 5) is 19.7. The SMILES string of the molecule is O=C(NCc1nc(C2CCOCC2)no1)c1cc2ccccc2[nH]1. The zero-order chi connectivity index (χ0) is 16.4. The van der Waals surface area contributed by atoms with Crippen molar-refractivity contribution >= 4 is 16.8 Å². The number of nitrogens with one attached hydrogen (secondary N) is 2.